The van der Waals surface area contributed by atoms with Gasteiger partial charge >= 0.3 is 0 Å². The van der Waals surface area contributed by atoms with Crippen LogP contribution in [0.5, 0.6) is 0 Å². The Morgan fingerprint density at radius 3 is 2.86 bits per heavy atom. The summed E-state index contributed by atoms with van der Waals surface area (Å²) in [5.41, 5.74) is 1.43. The van der Waals surface area contributed by atoms with Crippen molar-refractivity contribution in [2.24, 2.45) is 5.92 Å². The number of amides is 1. The maximum absolute atomic E-state index is 13.2. The van der Waals surface area contributed by atoms with Gasteiger partial charge in [-0.2, -0.15) is 0 Å². The zero-order valence-corrected chi connectivity index (χ0v) is 14.9. The molecule has 140 valence electrons. The fourth-order valence-corrected chi connectivity index (χ4v) is 3.18. The number of pyridine rings is 3. The summed E-state index contributed by atoms with van der Waals surface area (Å²) in [6.07, 6.45) is 4.34. The van der Waals surface area contributed by atoms with Gasteiger partial charge in [0.2, 0.25) is 5.91 Å². The first-order valence-electron chi connectivity index (χ1n) is 8.87. The lowest BCUT2D eigenvalue weighted by Gasteiger charge is -2.10. The second kappa shape index (κ2) is 6.22. The van der Waals surface area contributed by atoms with E-state index < -0.39 is 12.1 Å². The zero-order chi connectivity index (χ0) is 19.3. The van der Waals surface area contributed by atoms with Crippen LogP contribution in [0.2, 0.25) is 0 Å². The van der Waals surface area contributed by atoms with Gasteiger partial charge in [-0.15, -0.1) is 5.10 Å². The molecule has 0 spiro atoms. The number of hydrogen-bond acceptors (Lipinski definition) is 6. The number of nitrogens with zero attached hydrogens (tertiary/aromatic N) is 5. The van der Waals surface area contributed by atoms with Gasteiger partial charge in [0.15, 0.2) is 11.5 Å². The van der Waals surface area contributed by atoms with Gasteiger partial charge in [-0.1, -0.05) is 6.07 Å². The number of halogens is 1. The number of aromatic nitrogens is 5. The lowest BCUT2D eigenvalue weighted by Crippen LogP contribution is -2.15. The molecule has 4 aromatic rings. The van der Waals surface area contributed by atoms with E-state index in [0.717, 1.165) is 10.8 Å². The Kier molecular flexibility index (Phi) is 3.68. The summed E-state index contributed by atoms with van der Waals surface area (Å²) in [4.78, 5) is 25.4. The van der Waals surface area contributed by atoms with E-state index in [1.54, 1.807) is 30.0 Å². The first kappa shape index (κ1) is 16.5. The molecule has 1 fully saturated rings. The molecule has 1 amide bonds. The Balaban J connectivity index is 1.63. The summed E-state index contributed by atoms with van der Waals surface area (Å²) in [6, 6.07) is 7.37. The molecular formula is C19H16FN7O. The zero-order valence-electron chi connectivity index (χ0n) is 14.9. The molecule has 4 aromatic heterocycles. The molecule has 2 atom stereocenters. The van der Waals surface area contributed by atoms with E-state index in [0.29, 0.717) is 28.7 Å². The van der Waals surface area contributed by atoms with Gasteiger partial charge < -0.3 is 10.6 Å². The van der Waals surface area contributed by atoms with Crippen LogP contribution in [-0.2, 0) is 4.79 Å². The van der Waals surface area contributed by atoms with E-state index in [-0.39, 0.29) is 12.3 Å². The molecule has 0 radical (unpaired) electrons. The fraction of sp³-hybridized carbons (Fsp3) is 0.211. The van der Waals surface area contributed by atoms with Gasteiger partial charge in [0.05, 0.1) is 5.92 Å². The Labute approximate surface area is 158 Å². The van der Waals surface area contributed by atoms with Crippen molar-refractivity contribution in [3.8, 4) is 11.4 Å². The van der Waals surface area contributed by atoms with Crippen LogP contribution in [-0.4, -0.2) is 43.7 Å². The average molecular weight is 377 g/mol. The van der Waals surface area contributed by atoms with E-state index >= 15 is 0 Å². The van der Waals surface area contributed by atoms with E-state index in [1.165, 1.54) is 0 Å². The summed E-state index contributed by atoms with van der Waals surface area (Å²) in [7, 11) is 1.77. The minimum Gasteiger partial charge on any atom is -0.373 e. The lowest BCUT2D eigenvalue weighted by molar-refractivity contribution is -0.117. The van der Waals surface area contributed by atoms with Crippen LogP contribution in [0.1, 0.15) is 6.42 Å². The summed E-state index contributed by atoms with van der Waals surface area (Å²) in [5.74, 6) is 0.589. The number of anilines is 2. The number of carbonyl (C=O) groups is 1. The van der Waals surface area contributed by atoms with Gasteiger partial charge in [-0.25, -0.2) is 23.9 Å². The van der Waals surface area contributed by atoms with E-state index in [4.69, 9.17) is 0 Å². The van der Waals surface area contributed by atoms with Crippen LogP contribution in [0.25, 0.3) is 27.8 Å². The summed E-state index contributed by atoms with van der Waals surface area (Å²) in [5, 5.41) is 11.8. The predicted molar refractivity (Wildman–Crippen MR) is 103 cm³/mol. The van der Waals surface area contributed by atoms with Crippen LogP contribution >= 0.6 is 0 Å². The van der Waals surface area contributed by atoms with Crippen LogP contribution in [0, 0.1) is 5.92 Å². The molecule has 4 heterocycles. The normalized spacial score (nSPS) is 18.4. The minimum absolute atomic E-state index is 0.268. The van der Waals surface area contributed by atoms with Gasteiger partial charge in [0.1, 0.15) is 17.8 Å². The third kappa shape index (κ3) is 2.72. The summed E-state index contributed by atoms with van der Waals surface area (Å²) >= 11 is 0. The highest BCUT2D eigenvalue weighted by molar-refractivity contribution is 6.03. The average Bonchev–Trinajstić information content (AvgIpc) is 3.29. The van der Waals surface area contributed by atoms with E-state index in [2.05, 4.69) is 30.7 Å². The van der Waals surface area contributed by atoms with Gasteiger partial charge in [-0.3, -0.25) is 4.79 Å². The molecule has 1 saturated carbocycles. The van der Waals surface area contributed by atoms with Crippen molar-refractivity contribution in [2.45, 2.75) is 12.6 Å². The van der Waals surface area contributed by atoms with Crippen molar-refractivity contribution in [3.63, 3.8) is 0 Å². The lowest BCUT2D eigenvalue weighted by atomic mass is 10.1. The maximum atomic E-state index is 13.2. The Morgan fingerprint density at radius 1 is 1.25 bits per heavy atom. The van der Waals surface area contributed by atoms with Crippen molar-refractivity contribution in [1.82, 2.24) is 24.6 Å². The van der Waals surface area contributed by atoms with E-state index in [1.807, 2.05) is 24.4 Å². The second-order valence-electron chi connectivity index (χ2n) is 6.67. The second-order valence-corrected chi connectivity index (χ2v) is 6.67. The molecule has 8 nitrogen and oxygen atoms in total. The van der Waals surface area contributed by atoms with Crippen LogP contribution in [0.3, 0.4) is 0 Å². The fourth-order valence-electron chi connectivity index (χ4n) is 3.18. The molecule has 9 heteroatoms. The molecular weight excluding hydrogens is 361 g/mol. The monoisotopic (exact) mass is 377 g/mol. The third-order valence-corrected chi connectivity index (χ3v) is 4.79. The molecule has 1 aliphatic rings. The predicted octanol–water partition coefficient (Wildman–Crippen LogP) is 2.68. The third-order valence-electron chi connectivity index (χ3n) is 4.79. The molecule has 2 N–H and O–H groups in total. The Bertz CT molecular complexity index is 1190. The summed E-state index contributed by atoms with van der Waals surface area (Å²) < 4.78 is 14.8. The number of rotatable bonds is 4. The Morgan fingerprint density at radius 2 is 2.11 bits per heavy atom. The highest BCUT2D eigenvalue weighted by Crippen LogP contribution is 2.35. The number of hydrogen-bond donors (Lipinski definition) is 2. The highest BCUT2D eigenvalue weighted by atomic mass is 19.1. The van der Waals surface area contributed by atoms with Gasteiger partial charge in [0.25, 0.3) is 0 Å². The maximum Gasteiger partial charge on any atom is 0.231 e. The molecule has 1 aliphatic carbocycles. The largest absolute Gasteiger partial charge is 0.373 e. The summed E-state index contributed by atoms with van der Waals surface area (Å²) in [6.45, 7) is 0. The molecule has 5 rings (SSSR count). The quantitative estimate of drug-likeness (QED) is 0.568. The number of alkyl halides is 1. The highest BCUT2D eigenvalue weighted by Gasteiger charge is 2.43. The topological polar surface area (TPSA) is 97.1 Å². The molecule has 0 saturated heterocycles. The van der Waals surface area contributed by atoms with Crippen LogP contribution in [0.4, 0.5) is 16.0 Å². The molecule has 0 aliphatic heterocycles. The van der Waals surface area contributed by atoms with E-state index in [9.17, 15) is 9.18 Å². The standard InChI is InChI=1S/C19H16FN7O/c1-21-17-12-8-22-15(24-19(28)11-6-14(11)20)7-10(12)13(9-23-17)18-25-16-4-2-3-5-27(16)26-18/h2-5,7-9,11,14H,6H2,1H3,(H,21,23)(H,22,24,28)/t11-,14-/m1/s1. The molecule has 0 bridgehead atoms. The van der Waals surface area contributed by atoms with Gasteiger partial charge in [0, 0.05) is 42.0 Å². The van der Waals surface area contributed by atoms with Crippen molar-refractivity contribution < 1.29 is 9.18 Å². The molecule has 0 unspecified atom stereocenters. The Hall–Kier alpha value is -3.62. The van der Waals surface area contributed by atoms with Crippen molar-refractivity contribution in [1.29, 1.82) is 0 Å². The number of fused-ring (bicyclic) bond motifs is 2. The first-order chi connectivity index (χ1) is 13.6. The van der Waals surface area contributed by atoms with Crippen molar-refractivity contribution in [3.05, 3.63) is 42.9 Å². The van der Waals surface area contributed by atoms with Gasteiger partial charge in [-0.05, 0) is 24.6 Å². The minimum atomic E-state index is -1.06. The smallest absolute Gasteiger partial charge is 0.231 e. The van der Waals surface area contributed by atoms with Crippen molar-refractivity contribution in [2.75, 3.05) is 17.7 Å². The first-order valence-corrected chi connectivity index (χ1v) is 8.87. The van der Waals surface area contributed by atoms with Crippen molar-refractivity contribution >= 4 is 34.0 Å². The number of nitrogens with one attached hydrogen (secondary N) is 2. The number of carbonyl (C=O) groups excluding carboxylic acids is 1. The SMILES string of the molecule is CNc1ncc(-c2nc3ccccn3n2)c2cc(NC(=O)[C@@H]3C[C@H]3F)ncc12. The molecule has 28 heavy (non-hydrogen) atoms. The van der Waals surface area contributed by atoms with Crippen LogP contribution < -0.4 is 10.6 Å². The molecule has 0 aromatic carbocycles. The van der Waals surface area contributed by atoms with Crippen LogP contribution in [0.15, 0.2) is 42.9 Å².